The number of thiophene rings is 1. The van der Waals surface area contributed by atoms with E-state index in [4.69, 9.17) is 4.52 Å². The van der Waals surface area contributed by atoms with Crippen molar-refractivity contribution in [1.82, 2.24) is 15.0 Å². The van der Waals surface area contributed by atoms with Crippen LogP contribution in [0.1, 0.15) is 55.8 Å². The predicted octanol–water partition coefficient (Wildman–Crippen LogP) is 3.13. The van der Waals surface area contributed by atoms with Crippen LogP contribution in [0.3, 0.4) is 0 Å². The summed E-state index contributed by atoms with van der Waals surface area (Å²) in [5.74, 6) is 2.22. The first-order valence-electron chi connectivity index (χ1n) is 8.27. The summed E-state index contributed by atoms with van der Waals surface area (Å²) in [7, 11) is 0. The van der Waals surface area contributed by atoms with Crippen molar-refractivity contribution in [3.63, 3.8) is 0 Å². The van der Waals surface area contributed by atoms with Crippen LogP contribution >= 0.6 is 11.3 Å². The van der Waals surface area contributed by atoms with E-state index in [0.717, 1.165) is 49.5 Å². The van der Waals surface area contributed by atoms with E-state index in [1.165, 1.54) is 0 Å². The number of piperidine rings is 1. The van der Waals surface area contributed by atoms with E-state index in [-0.39, 0.29) is 11.3 Å². The van der Waals surface area contributed by atoms with Crippen molar-refractivity contribution in [3.05, 3.63) is 34.1 Å². The van der Waals surface area contributed by atoms with E-state index in [1.54, 1.807) is 11.3 Å². The van der Waals surface area contributed by atoms with Crippen LogP contribution in [0.4, 0.5) is 0 Å². The number of nitrogens with zero attached hydrogens (tertiary/aromatic N) is 3. The first-order valence-corrected chi connectivity index (χ1v) is 9.21. The van der Waals surface area contributed by atoms with Crippen LogP contribution in [-0.2, 0) is 16.6 Å². The Kier molecular flexibility index (Phi) is 3.71. The molecule has 0 radical (unpaired) electrons. The first kappa shape index (κ1) is 14.9. The van der Waals surface area contributed by atoms with E-state index in [2.05, 4.69) is 17.1 Å². The van der Waals surface area contributed by atoms with Crippen molar-refractivity contribution < 1.29 is 9.32 Å². The molecule has 23 heavy (non-hydrogen) atoms. The Labute approximate surface area is 139 Å². The van der Waals surface area contributed by atoms with Gasteiger partial charge in [0, 0.05) is 24.4 Å². The molecule has 1 aliphatic heterocycles. The van der Waals surface area contributed by atoms with Crippen LogP contribution in [-0.4, -0.2) is 34.0 Å². The summed E-state index contributed by atoms with van der Waals surface area (Å²) in [6, 6.07) is 2.02. The molecule has 2 fully saturated rings. The van der Waals surface area contributed by atoms with E-state index < -0.39 is 0 Å². The van der Waals surface area contributed by atoms with Crippen LogP contribution in [0.25, 0.3) is 0 Å². The second kappa shape index (κ2) is 5.74. The van der Waals surface area contributed by atoms with Crippen molar-refractivity contribution >= 4 is 17.2 Å². The van der Waals surface area contributed by atoms with Gasteiger partial charge in [-0.2, -0.15) is 16.3 Å². The monoisotopic (exact) mass is 331 g/mol. The lowest BCUT2D eigenvalue weighted by Gasteiger charge is -2.38. The molecule has 2 aromatic heterocycles. The zero-order valence-electron chi connectivity index (χ0n) is 13.3. The van der Waals surface area contributed by atoms with Gasteiger partial charge in [-0.15, -0.1) is 0 Å². The van der Waals surface area contributed by atoms with E-state index in [9.17, 15) is 4.79 Å². The van der Waals surface area contributed by atoms with Gasteiger partial charge in [-0.05, 0) is 48.1 Å². The maximum Gasteiger partial charge on any atom is 0.229 e. The predicted molar refractivity (Wildman–Crippen MR) is 87.5 cm³/mol. The number of carbonyl (C=O) groups excluding carboxylic acids is 1. The highest BCUT2D eigenvalue weighted by molar-refractivity contribution is 7.07. The van der Waals surface area contributed by atoms with Gasteiger partial charge in [-0.3, -0.25) is 4.79 Å². The van der Waals surface area contributed by atoms with Crippen LogP contribution < -0.4 is 0 Å². The summed E-state index contributed by atoms with van der Waals surface area (Å²) in [6.07, 6.45) is 4.78. The molecule has 0 aromatic carbocycles. The quantitative estimate of drug-likeness (QED) is 0.863. The molecule has 4 rings (SSSR count). The Bertz CT molecular complexity index is 693. The highest BCUT2D eigenvalue weighted by atomic mass is 32.1. The standard InChI is InChI=1S/C17H21N3O2S/c1-17(16-18-15(22-19-16)13-3-4-13)6-2-7-20(11-17)14(21)9-12-5-8-23-10-12/h5,8,10,13H,2-4,6-7,9,11H2,1H3. The maximum atomic E-state index is 12.6. The van der Waals surface area contributed by atoms with Gasteiger partial charge in [0.25, 0.3) is 0 Å². The van der Waals surface area contributed by atoms with Crippen LogP contribution in [0, 0.1) is 0 Å². The largest absolute Gasteiger partial charge is 0.341 e. The van der Waals surface area contributed by atoms with Crippen molar-refractivity contribution in [1.29, 1.82) is 0 Å². The highest BCUT2D eigenvalue weighted by Gasteiger charge is 2.40. The lowest BCUT2D eigenvalue weighted by molar-refractivity contribution is -0.132. The fourth-order valence-electron chi connectivity index (χ4n) is 3.29. The molecule has 0 bridgehead atoms. The summed E-state index contributed by atoms with van der Waals surface area (Å²) in [6.45, 7) is 3.66. The SMILES string of the molecule is CC1(c2noc(C3CC3)n2)CCCN(C(=O)Cc2ccsc2)C1. The number of hydrogen-bond acceptors (Lipinski definition) is 5. The number of aromatic nitrogens is 2. The molecular formula is C17H21N3O2S. The fraction of sp³-hybridized carbons (Fsp3) is 0.588. The molecule has 1 unspecified atom stereocenters. The summed E-state index contributed by atoms with van der Waals surface area (Å²) in [4.78, 5) is 19.2. The minimum Gasteiger partial charge on any atom is -0.341 e. The van der Waals surface area contributed by atoms with E-state index >= 15 is 0 Å². The van der Waals surface area contributed by atoms with Gasteiger partial charge in [-0.25, -0.2) is 0 Å². The molecule has 3 heterocycles. The molecule has 122 valence electrons. The Morgan fingerprint density at radius 2 is 2.39 bits per heavy atom. The van der Waals surface area contributed by atoms with Crippen molar-refractivity contribution in [2.75, 3.05) is 13.1 Å². The van der Waals surface area contributed by atoms with Crippen molar-refractivity contribution in [3.8, 4) is 0 Å². The molecule has 1 saturated heterocycles. The molecule has 1 amide bonds. The van der Waals surface area contributed by atoms with Gasteiger partial charge < -0.3 is 9.42 Å². The van der Waals surface area contributed by atoms with E-state index in [0.29, 0.717) is 18.9 Å². The Morgan fingerprint density at radius 1 is 1.52 bits per heavy atom. The number of amides is 1. The van der Waals surface area contributed by atoms with Crippen LogP contribution in [0.5, 0.6) is 0 Å². The normalized spacial score (nSPS) is 24.8. The summed E-state index contributed by atoms with van der Waals surface area (Å²) >= 11 is 1.63. The zero-order valence-corrected chi connectivity index (χ0v) is 14.1. The molecular weight excluding hydrogens is 310 g/mol. The Morgan fingerprint density at radius 3 is 3.13 bits per heavy atom. The summed E-state index contributed by atoms with van der Waals surface area (Å²) < 4.78 is 5.42. The minimum absolute atomic E-state index is 0.195. The van der Waals surface area contributed by atoms with Crippen LogP contribution in [0.15, 0.2) is 21.3 Å². The molecule has 2 aromatic rings. The minimum atomic E-state index is -0.195. The van der Waals surface area contributed by atoms with Gasteiger partial charge in [0.05, 0.1) is 6.42 Å². The third-order valence-corrected chi connectivity index (χ3v) is 5.62. The van der Waals surface area contributed by atoms with Crippen LogP contribution in [0.2, 0.25) is 0 Å². The third kappa shape index (κ3) is 3.04. The molecule has 1 atom stereocenters. The molecule has 5 nitrogen and oxygen atoms in total. The van der Waals surface area contributed by atoms with Gasteiger partial charge >= 0.3 is 0 Å². The topological polar surface area (TPSA) is 59.2 Å². The molecule has 2 aliphatic rings. The number of rotatable bonds is 4. The first-order chi connectivity index (χ1) is 11.1. The Balaban J connectivity index is 1.47. The molecule has 1 saturated carbocycles. The lowest BCUT2D eigenvalue weighted by atomic mass is 9.81. The average Bonchev–Trinajstić information content (AvgIpc) is 3.05. The Hall–Kier alpha value is -1.69. The molecule has 1 aliphatic carbocycles. The molecule has 0 N–H and O–H groups in total. The molecule has 6 heteroatoms. The third-order valence-electron chi connectivity index (χ3n) is 4.89. The average molecular weight is 331 g/mol. The number of carbonyl (C=O) groups is 1. The second-order valence-electron chi connectivity index (χ2n) is 7.02. The van der Waals surface area contributed by atoms with Gasteiger partial charge in [-0.1, -0.05) is 12.1 Å². The second-order valence-corrected chi connectivity index (χ2v) is 7.80. The molecule has 0 spiro atoms. The summed E-state index contributed by atoms with van der Waals surface area (Å²) in [5.41, 5.74) is 0.905. The van der Waals surface area contributed by atoms with E-state index in [1.807, 2.05) is 21.7 Å². The maximum absolute atomic E-state index is 12.6. The lowest BCUT2D eigenvalue weighted by Crippen LogP contribution is -2.48. The number of likely N-dealkylation sites (tertiary alicyclic amines) is 1. The van der Waals surface area contributed by atoms with Crippen molar-refractivity contribution in [2.45, 2.75) is 50.4 Å². The highest BCUT2D eigenvalue weighted by Crippen LogP contribution is 2.40. The van der Waals surface area contributed by atoms with Crippen molar-refractivity contribution in [2.24, 2.45) is 0 Å². The smallest absolute Gasteiger partial charge is 0.229 e. The van der Waals surface area contributed by atoms with Gasteiger partial charge in [0.1, 0.15) is 0 Å². The van der Waals surface area contributed by atoms with Gasteiger partial charge in [0.2, 0.25) is 11.8 Å². The summed E-state index contributed by atoms with van der Waals surface area (Å²) in [5, 5.41) is 8.28. The number of hydrogen-bond donors (Lipinski definition) is 0. The van der Waals surface area contributed by atoms with Gasteiger partial charge in [0.15, 0.2) is 5.82 Å². The zero-order chi connectivity index (χ0) is 15.9. The fourth-order valence-corrected chi connectivity index (χ4v) is 3.96.